The minimum Gasteiger partial charge on any atom is -0.485 e. The fourth-order valence-corrected chi connectivity index (χ4v) is 2.40. The van der Waals surface area contributed by atoms with E-state index >= 15 is 0 Å². The molecule has 0 aromatic heterocycles. The second kappa shape index (κ2) is 12.8. The first-order valence-corrected chi connectivity index (χ1v) is 9.64. The van der Waals surface area contributed by atoms with Crippen molar-refractivity contribution in [1.29, 1.82) is 0 Å². The van der Waals surface area contributed by atoms with Gasteiger partial charge in [0.25, 0.3) is 0 Å². The molecule has 7 nitrogen and oxygen atoms in total. The van der Waals surface area contributed by atoms with Gasteiger partial charge in [-0.05, 0) is 29.3 Å². The van der Waals surface area contributed by atoms with E-state index in [-0.39, 0.29) is 6.54 Å². The maximum absolute atomic E-state index is 11.0. The molecule has 0 saturated carbocycles. The van der Waals surface area contributed by atoms with E-state index in [1.807, 2.05) is 60.7 Å². The van der Waals surface area contributed by atoms with Gasteiger partial charge >= 0.3 is 5.97 Å². The van der Waals surface area contributed by atoms with Crippen molar-refractivity contribution < 1.29 is 24.2 Å². The number of carbonyl (C=O) groups excluding carboxylic acids is 1. The fourth-order valence-electron chi connectivity index (χ4n) is 2.40. The summed E-state index contributed by atoms with van der Waals surface area (Å²) < 4.78 is 11.7. The summed E-state index contributed by atoms with van der Waals surface area (Å²) in [5.74, 6) is 0.141. The third-order valence-corrected chi connectivity index (χ3v) is 4.15. The van der Waals surface area contributed by atoms with E-state index < -0.39 is 12.0 Å². The summed E-state index contributed by atoms with van der Waals surface area (Å²) >= 11 is 0. The van der Waals surface area contributed by atoms with Crippen LogP contribution in [0.15, 0.2) is 78.9 Å². The van der Waals surface area contributed by atoms with Gasteiger partial charge in [-0.25, -0.2) is 0 Å². The summed E-state index contributed by atoms with van der Waals surface area (Å²) in [7, 11) is 0. The Morgan fingerprint density at radius 3 is 1.81 bits per heavy atom. The van der Waals surface area contributed by atoms with E-state index in [4.69, 9.17) is 26.0 Å². The summed E-state index contributed by atoms with van der Waals surface area (Å²) in [5.41, 5.74) is 12.5. The molecule has 0 aliphatic carbocycles. The quantitative estimate of drug-likeness (QED) is 0.453. The van der Waals surface area contributed by atoms with Gasteiger partial charge in [-0.2, -0.15) is 0 Å². The largest absolute Gasteiger partial charge is 0.485 e. The van der Waals surface area contributed by atoms with Crippen LogP contribution in [-0.4, -0.2) is 29.9 Å². The van der Waals surface area contributed by atoms with Crippen LogP contribution in [0.25, 0.3) is 0 Å². The predicted molar refractivity (Wildman–Crippen MR) is 118 cm³/mol. The number of aliphatic carboxylic acids is 1. The molecule has 0 bridgehead atoms. The van der Waals surface area contributed by atoms with Gasteiger partial charge in [0.15, 0.2) is 11.5 Å². The molecule has 0 radical (unpaired) electrons. The van der Waals surface area contributed by atoms with Crippen molar-refractivity contribution in [3.05, 3.63) is 95.6 Å². The van der Waals surface area contributed by atoms with Gasteiger partial charge in [-0.3, -0.25) is 9.59 Å². The van der Waals surface area contributed by atoms with Crippen molar-refractivity contribution in [2.75, 3.05) is 6.54 Å². The van der Waals surface area contributed by atoms with Crippen LogP contribution in [0, 0.1) is 0 Å². The fraction of sp³-hybridized carbons (Fsp3) is 0.167. The number of carboxylic acids is 1. The van der Waals surface area contributed by atoms with Crippen LogP contribution in [0.3, 0.4) is 0 Å². The molecule has 0 aliphatic heterocycles. The van der Waals surface area contributed by atoms with Crippen molar-refractivity contribution in [1.82, 2.24) is 0 Å². The van der Waals surface area contributed by atoms with Crippen LogP contribution in [-0.2, 0) is 18.0 Å². The topological polar surface area (TPSA) is 125 Å². The van der Waals surface area contributed by atoms with E-state index in [0.29, 0.717) is 30.3 Å². The highest BCUT2D eigenvalue weighted by molar-refractivity contribution is 5.76. The lowest BCUT2D eigenvalue weighted by molar-refractivity contribution is -0.138. The third kappa shape index (κ3) is 8.30. The third-order valence-electron chi connectivity index (χ3n) is 4.15. The number of rotatable bonds is 9. The Morgan fingerprint density at radius 1 is 0.871 bits per heavy atom. The van der Waals surface area contributed by atoms with Gasteiger partial charge in [-0.1, -0.05) is 60.7 Å². The monoisotopic (exact) mass is 422 g/mol. The van der Waals surface area contributed by atoms with Crippen molar-refractivity contribution >= 4 is 12.3 Å². The first kappa shape index (κ1) is 23.6. The molecule has 0 amide bonds. The zero-order valence-corrected chi connectivity index (χ0v) is 17.0. The zero-order valence-electron chi connectivity index (χ0n) is 17.0. The molecule has 3 rings (SSSR count). The normalized spacial score (nSPS) is 10.9. The first-order valence-electron chi connectivity index (χ1n) is 9.64. The number of carboxylic acid groups (broad SMARTS) is 1. The highest BCUT2D eigenvalue weighted by atomic mass is 16.5. The van der Waals surface area contributed by atoms with Crippen LogP contribution in [0.2, 0.25) is 0 Å². The molecule has 0 spiro atoms. The Morgan fingerprint density at radius 2 is 1.39 bits per heavy atom. The van der Waals surface area contributed by atoms with Crippen LogP contribution in [0.5, 0.6) is 11.5 Å². The molecule has 0 aliphatic rings. The molecule has 3 aromatic carbocycles. The summed E-state index contributed by atoms with van der Waals surface area (Å²) in [5, 5.41) is 7.98. The lowest BCUT2D eigenvalue weighted by atomic mass is 10.2. The minimum absolute atomic E-state index is 0.00463. The van der Waals surface area contributed by atoms with E-state index in [1.54, 1.807) is 18.2 Å². The average molecular weight is 422 g/mol. The van der Waals surface area contributed by atoms with Crippen LogP contribution in [0.1, 0.15) is 21.5 Å². The first-order chi connectivity index (χ1) is 15.0. The highest BCUT2D eigenvalue weighted by Crippen LogP contribution is 2.29. The smallest absolute Gasteiger partial charge is 0.321 e. The molecule has 1 atom stereocenters. The van der Waals surface area contributed by atoms with Crippen LogP contribution < -0.4 is 20.9 Å². The molecule has 0 fully saturated rings. The van der Waals surface area contributed by atoms with Gasteiger partial charge in [0.2, 0.25) is 0 Å². The number of hydrogen-bond donors (Lipinski definition) is 3. The number of hydrogen-bond acceptors (Lipinski definition) is 6. The van der Waals surface area contributed by atoms with Crippen LogP contribution >= 0.6 is 0 Å². The Bertz CT molecular complexity index is 949. The summed E-state index contributed by atoms with van der Waals surface area (Å²) in [6.45, 7) is 0.864. The van der Waals surface area contributed by atoms with E-state index in [0.717, 1.165) is 17.4 Å². The summed E-state index contributed by atoms with van der Waals surface area (Å²) in [6, 6.07) is 24.1. The zero-order chi connectivity index (χ0) is 22.5. The molecule has 0 unspecified atom stereocenters. The molecule has 3 aromatic rings. The summed E-state index contributed by atoms with van der Waals surface area (Å²) in [4.78, 5) is 20.8. The van der Waals surface area contributed by atoms with Gasteiger partial charge in [0, 0.05) is 12.1 Å². The molecule has 0 saturated heterocycles. The van der Waals surface area contributed by atoms with E-state index in [9.17, 15) is 9.59 Å². The minimum atomic E-state index is -1.05. The second-order valence-corrected chi connectivity index (χ2v) is 6.55. The Labute approximate surface area is 181 Å². The van der Waals surface area contributed by atoms with Gasteiger partial charge in [0.1, 0.15) is 25.5 Å². The average Bonchev–Trinajstić information content (AvgIpc) is 2.82. The standard InChI is InChI=1S/C21H18O3.C3H8N2O2/c22-14-19-11-12-20(23-15-17-7-3-1-4-8-17)21(13-19)24-16-18-9-5-2-6-10-18;4-1-2(5)3(6)7/h1-14H,15-16H2;2H,1,4-5H2,(H,6,7)/t;2-/m.0/s1. The van der Waals surface area contributed by atoms with Crippen molar-refractivity contribution in [3.63, 3.8) is 0 Å². The Kier molecular flexibility index (Phi) is 9.74. The lowest BCUT2D eigenvalue weighted by Gasteiger charge is -2.13. The summed E-state index contributed by atoms with van der Waals surface area (Å²) in [6.07, 6.45) is 0.802. The molecular weight excluding hydrogens is 396 g/mol. The predicted octanol–water partition coefficient (Wildman–Crippen LogP) is 3.01. The van der Waals surface area contributed by atoms with Gasteiger partial charge in [-0.15, -0.1) is 0 Å². The molecule has 162 valence electrons. The number of carbonyl (C=O) groups is 2. The van der Waals surface area contributed by atoms with Crippen molar-refractivity contribution in [2.45, 2.75) is 19.3 Å². The van der Waals surface area contributed by atoms with Crippen molar-refractivity contribution in [3.8, 4) is 11.5 Å². The van der Waals surface area contributed by atoms with E-state index in [1.165, 1.54) is 0 Å². The maximum atomic E-state index is 11.0. The molecular formula is C24H26N2O5. The number of ether oxygens (including phenoxy) is 2. The lowest BCUT2D eigenvalue weighted by Crippen LogP contribution is -2.37. The van der Waals surface area contributed by atoms with Crippen LogP contribution in [0.4, 0.5) is 0 Å². The maximum Gasteiger partial charge on any atom is 0.321 e. The molecule has 7 heteroatoms. The van der Waals surface area contributed by atoms with E-state index in [2.05, 4.69) is 0 Å². The Hall–Kier alpha value is -3.68. The highest BCUT2D eigenvalue weighted by Gasteiger charge is 2.08. The van der Waals surface area contributed by atoms with Gasteiger partial charge in [0.05, 0.1) is 0 Å². The van der Waals surface area contributed by atoms with Gasteiger partial charge < -0.3 is 26.0 Å². The van der Waals surface area contributed by atoms with Crippen molar-refractivity contribution in [2.24, 2.45) is 11.5 Å². The second-order valence-electron chi connectivity index (χ2n) is 6.55. The number of aldehydes is 1. The number of nitrogens with two attached hydrogens (primary N) is 2. The number of benzene rings is 3. The molecule has 31 heavy (non-hydrogen) atoms. The molecule has 0 heterocycles. The SMILES string of the molecule is NC[C@H](N)C(=O)O.O=Cc1ccc(OCc2ccccc2)c(OCc2ccccc2)c1. The Balaban J connectivity index is 0.000000423. The molecule has 5 N–H and O–H groups in total.